The molecule has 2 aromatic carbocycles. The molecule has 0 saturated heterocycles. The first-order valence-corrected chi connectivity index (χ1v) is 11.4. The summed E-state index contributed by atoms with van der Waals surface area (Å²) in [6.45, 7) is 12.0. The van der Waals surface area contributed by atoms with E-state index < -0.39 is 11.3 Å². The van der Waals surface area contributed by atoms with Crippen molar-refractivity contribution in [3.05, 3.63) is 81.9 Å². The summed E-state index contributed by atoms with van der Waals surface area (Å²) in [4.78, 5) is 24.1. The van der Waals surface area contributed by atoms with Crippen LogP contribution >= 0.6 is 0 Å². The maximum Gasteiger partial charge on any atom is 0.248 e. The van der Waals surface area contributed by atoms with Crippen LogP contribution in [0.2, 0.25) is 0 Å². The van der Waals surface area contributed by atoms with Gasteiger partial charge in [0.2, 0.25) is 5.91 Å². The zero-order chi connectivity index (χ0) is 23.6. The fraction of sp³-hybridized carbons (Fsp3) is 0.379. The van der Waals surface area contributed by atoms with Crippen LogP contribution in [-0.2, 0) is 10.2 Å². The summed E-state index contributed by atoms with van der Waals surface area (Å²) < 4.78 is 0. The molecule has 32 heavy (non-hydrogen) atoms. The standard InChI is InChI=1S/C29H35NO2/c1-18-17-23(28(30)32)15-16-24(18)27(22-11-8-7-9-12-22)20(3)25-13-10-14-26(19(25)2)29(5,6)21(4)31/h7-8,10,13-17,22H,9,11-12H2,1-6H3,(H2,30,32)/b27-20+. The first-order valence-electron chi connectivity index (χ1n) is 11.4. The van der Waals surface area contributed by atoms with Crippen molar-refractivity contribution in [3.63, 3.8) is 0 Å². The van der Waals surface area contributed by atoms with Crippen LogP contribution in [0.25, 0.3) is 11.1 Å². The lowest BCUT2D eigenvalue weighted by Crippen LogP contribution is -2.27. The molecular formula is C29H35NO2. The van der Waals surface area contributed by atoms with Crippen LogP contribution in [0.15, 0.2) is 48.6 Å². The number of carbonyl (C=O) groups excluding carboxylic acids is 2. The Morgan fingerprint density at radius 2 is 1.72 bits per heavy atom. The van der Waals surface area contributed by atoms with E-state index in [9.17, 15) is 9.59 Å². The van der Waals surface area contributed by atoms with E-state index in [0.29, 0.717) is 11.5 Å². The molecule has 0 heterocycles. The summed E-state index contributed by atoms with van der Waals surface area (Å²) in [5, 5.41) is 0. The highest BCUT2D eigenvalue weighted by atomic mass is 16.1. The topological polar surface area (TPSA) is 60.2 Å². The number of allylic oxidation sites excluding steroid dienone is 4. The number of amides is 1. The largest absolute Gasteiger partial charge is 0.366 e. The molecule has 168 valence electrons. The molecular weight excluding hydrogens is 394 g/mol. The molecule has 3 nitrogen and oxygen atoms in total. The number of primary amides is 1. The second-order valence-corrected chi connectivity index (χ2v) is 9.57. The maximum atomic E-state index is 12.4. The van der Waals surface area contributed by atoms with Crippen LogP contribution in [-0.4, -0.2) is 11.7 Å². The molecule has 0 bridgehead atoms. The molecule has 0 spiro atoms. The molecule has 2 aromatic rings. The van der Waals surface area contributed by atoms with Crippen molar-refractivity contribution in [2.24, 2.45) is 11.7 Å². The smallest absolute Gasteiger partial charge is 0.248 e. The molecule has 0 aromatic heterocycles. The highest BCUT2D eigenvalue weighted by molar-refractivity contribution is 5.96. The van der Waals surface area contributed by atoms with E-state index in [-0.39, 0.29) is 5.78 Å². The molecule has 0 fully saturated rings. The Bertz CT molecular complexity index is 1120. The molecule has 0 radical (unpaired) electrons. The van der Waals surface area contributed by atoms with Crippen LogP contribution in [0.3, 0.4) is 0 Å². The number of rotatable bonds is 6. The van der Waals surface area contributed by atoms with Crippen LogP contribution in [0.5, 0.6) is 0 Å². The van der Waals surface area contributed by atoms with Gasteiger partial charge in [-0.3, -0.25) is 9.59 Å². The molecule has 2 N–H and O–H groups in total. The van der Waals surface area contributed by atoms with E-state index in [1.54, 1.807) is 6.92 Å². The summed E-state index contributed by atoms with van der Waals surface area (Å²) in [7, 11) is 0. The van der Waals surface area contributed by atoms with Gasteiger partial charge in [0, 0.05) is 11.0 Å². The van der Waals surface area contributed by atoms with Crippen molar-refractivity contribution in [2.75, 3.05) is 0 Å². The molecule has 1 amide bonds. The van der Waals surface area contributed by atoms with Crippen LogP contribution in [0.1, 0.15) is 85.1 Å². The zero-order valence-electron chi connectivity index (χ0n) is 20.2. The second-order valence-electron chi connectivity index (χ2n) is 9.57. The molecule has 3 rings (SSSR count). The number of carbonyl (C=O) groups is 2. The fourth-order valence-corrected chi connectivity index (χ4v) is 4.96. The number of hydrogen-bond donors (Lipinski definition) is 1. The fourth-order valence-electron chi connectivity index (χ4n) is 4.96. The van der Waals surface area contributed by atoms with Crippen molar-refractivity contribution in [1.29, 1.82) is 0 Å². The predicted molar refractivity (Wildman–Crippen MR) is 134 cm³/mol. The van der Waals surface area contributed by atoms with E-state index in [2.05, 4.69) is 51.1 Å². The van der Waals surface area contributed by atoms with Crippen molar-refractivity contribution in [3.8, 4) is 0 Å². The van der Waals surface area contributed by atoms with Gasteiger partial charge in [0.1, 0.15) is 5.78 Å². The van der Waals surface area contributed by atoms with Crippen LogP contribution < -0.4 is 5.73 Å². The van der Waals surface area contributed by atoms with Gasteiger partial charge in [0.05, 0.1) is 0 Å². The average Bonchev–Trinajstić information content (AvgIpc) is 2.75. The van der Waals surface area contributed by atoms with Crippen molar-refractivity contribution in [1.82, 2.24) is 0 Å². The van der Waals surface area contributed by atoms with E-state index in [1.807, 2.05) is 32.0 Å². The monoisotopic (exact) mass is 429 g/mol. The Balaban J connectivity index is 2.26. The van der Waals surface area contributed by atoms with E-state index in [1.165, 1.54) is 22.3 Å². The Hall–Kier alpha value is -2.94. The maximum absolute atomic E-state index is 12.4. The lowest BCUT2D eigenvalue weighted by Gasteiger charge is -2.29. The summed E-state index contributed by atoms with van der Waals surface area (Å²) in [6, 6.07) is 12.1. The lowest BCUT2D eigenvalue weighted by atomic mass is 9.75. The molecule has 1 unspecified atom stereocenters. The van der Waals surface area contributed by atoms with E-state index in [4.69, 9.17) is 5.73 Å². The van der Waals surface area contributed by atoms with E-state index >= 15 is 0 Å². The normalized spacial score (nSPS) is 17.1. The van der Waals surface area contributed by atoms with Gasteiger partial charge in [-0.1, -0.05) is 36.4 Å². The third-order valence-corrected chi connectivity index (χ3v) is 7.17. The second kappa shape index (κ2) is 9.28. The van der Waals surface area contributed by atoms with Gasteiger partial charge in [-0.05, 0) is 118 Å². The predicted octanol–water partition coefficient (Wildman–Crippen LogP) is 6.56. The first-order chi connectivity index (χ1) is 15.1. The van der Waals surface area contributed by atoms with Crippen molar-refractivity contribution < 1.29 is 9.59 Å². The Labute approximate surface area is 192 Å². The summed E-state index contributed by atoms with van der Waals surface area (Å²) in [5.74, 6) is 0.162. The number of Topliss-reactive ketones (excluding diaryl/α,β-unsaturated/α-hetero) is 1. The number of hydrogen-bond acceptors (Lipinski definition) is 2. The van der Waals surface area contributed by atoms with Gasteiger partial charge in [-0.15, -0.1) is 0 Å². The SMILES string of the molecule is CC(=O)C(C)(C)c1cccc(/C(C)=C(/c2ccc(C(N)=O)cc2C)C2CC=CCC2)c1C. The minimum atomic E-state index is -0.535. The minimum absolute atomic E-state index is 0.162. The van der Waals surface area contributed by atoms with Gasteiger partial charge >= 0.3 is 0 Å². The minimum Gasteiger partial charge on any atom is -0.366 e. The molecule has 1 aliphatic carbocycles. The number of nitrogens with two attached hydrogens (primary N) is 1. The van der Waals surface area contributed by atoms with Crippen molar-refractivity contribution >= 4 is 22.8 Å². The molecule has 0 saturated carbocycles. The Kier molecular flexibility index (Phi) is 6.88. The summed E-state index contributed by atoms with van der Waals surface area (Å²) in [6.07, 6.45) is 7.69. The van der Waals surface area contributed by atoms with Gasteiger partial charge in [0.25, 0.3) is 0 Å². The van der Waals surface area contributed by atoms with Gasteiger partial charge in [-0.2, -0.15) is 0 Å². The summed E-state index contributed by atoms with van der Waals surface area (Å²) >= 11 is 0. The van der Waals surface area contributed by atoms with Gasteiger partial charge in [-0.25, -0.2) is 0 Å². The Morgan fingerprint density at radius 1 is 1.00 bits per heavy atom. The van der Waals surface area contributed by atoms with E-state index in [0.717, 1.165) is 36.0 Å². The number of aryl methyl sites for hydroxylation is 1. The average molecular weight is 430 g/mol. The number of benzene rings is 2. The molecule has 1 atom stereocenters. The number of ketones is 1. The van der Waals surface area contributed by atoms with Crippen LogP contribution in [0.4, 0.5) is 0 Å². The van der Waals surface area contributed by atoms with Crippen LogP contribution in [0, 0.1) is 19.8 Å². The Morgan fingerprint density at radius 3 is 2.28 bits per heavy atom. The summed E-state index contributed by atoms with van der Waals surface area (Å²) in [5.41, 5.74) is 13.7. The first kappa shape index (κ1) is 23.7. The zero-order valence-corrected chi connectivity index (χ0v) is 20.2. The molecule has 1 aliphatic rings. The van der Waals surface area contributed by atoms with Gasteiger partial charge < -0.3 is 5.73 Å². The molecule has 0 aliphatic heterocycles. The highest BCUT2D eigenvalue weighted by Gasteiger charge is 2.29. The van der Waals surface area contributed by atoms with Crippen molar-refractivity contribution in [2.45, 2.75) is 66.2 Å². The third kappa shape index (κ3) is 4.48. The highest BCUT2D eigenvalue weighted by Crippen LogP contribution is 2.41. The lowest BCUT2D eigenvalue weighted by molar-refractivity contribution is -0.121. The third-order valence-electron chi connectivity index (χ3n) is 7.17. The van der Waals surface area contributed by atoms with Gasteiger partial charge in [0.15, 0.2) is 0 Å². The molecule has 3 heteroatoms. The quantitative estimate of drug-likeness (QED) is 0.418.